The first-order chi connectivity index (χ1) is 19.4. The number of methoxy groups -OCH3 is 1. The molecule has 10 heteroatoms. The van der Waals surface area contributed by atoms with Crippen LogP contribution in [0.25, 0.3) is 11.9 Å². The van der Waals surface area contributed by atoms with Crippen molar-refractivity contribution in [2.75, 3.05) is 50.1 Å². The molecule has 1 aliphatic rings. The normalized spacial score (nSPS) is 14.2. The van der Waals surface area contributed by atoms with Gasteiger partial charge in [-0.05, 0) is 43.7 Å². The molecule has 208 valence electrons. The van der Waals surface area contributed by atoms with Crippen LogP contribution in [0.5, 0.6) is 5.75 Å². The lowest BCUT2D eigenvalue weighted by Crippen LogP contribution is -2.46. The Bertz CT molecular complexity index is 1460. The Morgan fingerprint density at radius 1 is 0.950 bits per heavy atom. The Hall–Kier alpha value is -4.31. The molecule has 0 bridgehead atoms. The quantitative estimate of drug-likeness (QED) is 0.317. The van der Waals surface area contributed by atoms with Gasteiger partial charge >= 0.3 is 0 Å². The van der Waals surface area contributed by atoms with Gasteiger partial charge in [0.2, 0.25) is 5.95 Å². The van der Waals surface area contributed by atoms with E-state index in [0.29, 0.717) is 24.0 Å². The van der Waals surface area contributed by atoms with Crippen molar-refractivity contribution in [1.82, 2.24) is 24.6 Å². The average Bonchev–Trinajstić information content (AvgIpc) is 3.31. The molecule has 8 nitrogen and oxygen atoms in total. The number of hydrogen-bond acceptors (Lipinski definition) is 7. The largest absolute Gasteiger partial charge is 0.497 e. The van der Waals surface area contributed by atoms with E-state index in [1.807, 2.05) is 60.0 Å². The van der Waals surface area contributed by atoms with Crippen molar-refractivity contribution in [1.29, 1.82) is 0 Å². The first kappa shape index (κ1) is 27.3. The van der Waals surface area contributed by atoms with Crippen molar-refractivity contribution in [2.24, 2.45) is 0 Å². The number of aryl methyl sites for hydroxylation is 1. The molecular formula is C30H33F2N7O. The molecule has 0 spiro atoms. The Balaban J connectivity index is 1.18. The van der Waals surface area contributed by atoms with E-state index in [9.17, 15) is 8.78 Å². The second-order valence-electron chi connectivity index (χ2n) is 9.81. The number of hydrogen-bond donors (Lipinski definition) is 1. The summed E-state index contributed by atoms with van der Waals surface area (Å²) < 4.78 is 34.2. The SMILES string of the molecule is COc1ccc(CNc2nc(C)cc(-n3ncc(C=CCN4CCN(c5cc(F)cc(F)c5)CC4)c3C)n2)cc1. The van der Waals surface area contributed by atoms with E-state index >= 15 is 0 Å². The van der Waals surface area contributed by atoms with Crippen molar-refractivity contribution in [3.8, 4) is 11.6 Å². The molecule has 0 aliphatic carbocycles. The van der Waals surface area contributed by atoms with Gasteiger partial charge in [0.1, 0.15) is 17.4 Å². The number of nitrogens with one attached hydrogen (secondary N) is 1. The zero-order chi connectivity index (χ0) is 28.1. The zero-order valence-electron chi connectivity index (χ0n) is 22.9. The summed E-state index contributed by atoms with van der Waals surface area (Å²) >= 11 is 0. The topological polar surface area (TPSA) is 71.3 Å². The van der Waals surface area contributed by atoms with Crippen molar-refractivity contribution in [3.63, 3.8) is 0 Å². The molecule has 3 heterocycles. The van der Waals surface area contributed by atoms with Gasteiger partial charge in [0.25, 0.3) is 0 Å². The predicted octanol–water partition coefficient (Wildman–Crippen LogP) is 5.01. The van der Waals surface area contributed by atoms with Crippen LogP contribution in [0, 0.1) is 25.5 Å². The molecule has 0 amide bonds. The number of anilines is 2. The fourth-order valence-corrected chi connectivity index (χ4v) is 4.72. The second kappa shape index (κ2) is 12.3. The number of aromatic nitrogens is 4. The Morgan fingerprint density at radius 3 is 2.38 bits per heavy atom. The van der Waals surface area contributed by atoms with Crippen LogP contribution in [0.1, 0.15) is 22.5 Å². The minimum atomic E-state index is -0.547. The van der Waals surface area contributed by atoms with E-state index in [2.05, 4.69) is 32.5 Å². The highest BCUT2D eigenvalue weighted by atomic mass is 19.1. The van der Waals surface area contributed by atoms with Crippen LogP contribution in [-0.2, 0) is 6.54 Å². The van der Waals surface area contributed by atoms with E-state index in [1.165, 1.54) is 12.1 Å². The summed E-state index contributed by atoms with van der Waals surface area (Å²) in [7, 11) is 1.65. The molecule has 40 heavy (non-hydrogen) atoms. The number of benzene rings is 2. The van der Waals surface area contributed by atoms with Crippen LogP contribution in [0.15, 0.2) is 60.8 Å². The fourth-order valence-electron chi connectivity index (χ4n) is 4.72. The maximum atomic E-state index is 13.6. The number of nitrogens with zero attached hydrogens (tertiary/aromatic N) is 6. The number of halogens is 2. The van der Waals surface area contributed by atoms with Crippen LogP contribution >= 0.6 is 0 Å². The maximum absolute atomic E-state index is 13.6. The highest BCUT2D eigenvalue weighted by Crippen LogP contribution is 2.20. The number of rotatable bonds is 9. The summed E-state index contributed by atoms with van der Waals surface area (Å²) in [5.41, 5.74) is 4.52. The molecule has 0 radical (unpaired) electrons. The molecule has 1 aliphatic heterocycles. The molecule has 1 N–H and O–H groups in total. The van der Waals surface area contributed by atoms with Gasteiger partial charge in [-0.3, -0.25) is 4.90 Å². The van der Waals surface area contributed by atoms with E-state index in [0.717, 1.165) is 67.1 Å². The van der Waals surface area contributed by atoms with Gasteiger partial charge in [0.05, 0.1) is 19.0 Å². The summed E-state index contributed by atoms with van der Waals surface area (Å²) in [4.78, 5) is 13.6. The van der Waals surface area contributed by atoms with Gasteiger partial charge in [-0.15, -0.1) is 0 Å². The van der Waals surface area contributed by atoms with Crippen LogP contribution in [0.3, 0.4) is 0 Å². The smallest absolute Gasteiger partial charge is 0.225 e. The predicted molar refractivity (Wildman–Crippen MR) is 153 cm³/mol. The summed E-state index contributed by atoms with van der Waals surface area (Å²) in [6, 6.07) is 13.5. The van der Waals surface area contributed by atoms with E-state index in [1.54, 1.807) is 7.11 Å². The van der Waals surface area contributed by atoms with Crippen LogP contribution < -0.4 is 15.0 Å². The third kappa shape index (κ3) is 6.63. The van der Waals surface area contributed by atoms with Crippen molar-refractivity contribution in [2.45, 2.75) is 20.4 Å². The van der Waals surface area contributed by atoms with Gasteiger partial charge in [-0.25, -0.2) is 18.4 Å². The lowest BCUT2D eigenvalue weighted by molar-refractivity contribution is 0.284. The lowest BCUT2D eigenvalue weighted by Gasteiger charge is -2.35. The first-order valence-corrected chi connectivity index (χ1v) is 13.3. The summed E-state index contributed by atoms with van der Waals surface area (Å²) in [5.74, 6) is 0.965. The van der Waals surface area contributed by atoms with Crippen LogP contribution in [-0.4, -0.2) is 64.5 Å². The Kier molecular flexibility index (Phi) is 8.35. The van der Waals surface area contributed by atoms with Gasteiger partial charge < -0.3 is 15.0 Å². The summed E-state index contributed by atoms with van der Waals surface area (Å²) in [6.07, 6.45) is 6.03. The standard InChI is InChI=1S/C30H33F2N7O/c1-21-15-29(36-30(35-21)33-19-23-6-8-28(40-3)9-7-23)39-22(2)24(20-34-39)5-4-10-37-11-13-38(14-12-37)27-17-25(31)16-26(32)18-27/h4-9,15-18,20H,10-14,19H2,1-3H3,(H,33,35,36). The second-order valence-corrected chi connectivity index (χ2v) is 9.81. The van der Waals surface area contributed by atoms with Gasteiger partial charge in [0.15, 0.2) is 5.82 Å². The molecule has 4 aromatic rings. The van der Waals surface area contributed by atoms with E-state index < -0.39 is 11.6 Å². The molecule has 1 saturated heterocycles. The van der Waals surface area contributed by atoms with Gasteiger partial charge in [-0.1, -0.05) is 24.3 Å². The average molecular weight is 546 g/mol. The molecule has 5 rings (SSSR count). The maximum Gasteiger partial charge on any atom is 0.225 e. The molecule has 0 unspecified atom stereocenters. The monoisotopic (exact) mass is 545 g/mol. The Morgan fingerprint density at radius 2 is 1.68 bits per heavy atom. The molecule has 0 atom stereocenters. The lowest BCUT2D eigenvalue weighted by atomic mass is 10.2. The third-order valence-corrected chi connectivity index (χ3v) is 6.96. The molecule has 2 aromatic heterocycles. The number of piperazine rings is 1. The Labute approximate surface area is 232 Å². The van der Waals surface area contributed by atoms with Crippen molar-refractivity contribution in [3.05, 3.63) is 95.0 Å². The van der Waals surface area contributed by atoms with E-state index in [-0.39, 0.29) is 0 Å². The third-order valence-electron chi connectivity index (χ3n) is 6.96. The van der Waals surface area contributed by atoms with Crippen LogP contribution in [0.4, 0.5) is 20.4 Å². The summed E-state index contributed by atoms with van der Waals surface area (Å²) in [6.45, 7) is 8.39. The molecule has 1 fully saturated rings. The first-order valence-electron chi connectivity index (χ1n) is 13.3. The van der Waals surface area contributed by atoms with Crippen molar-refractivity contribution >= 4 is 17.7 Å². The van der Waals surface area contributed by atoms with E-state index in [4.69, 9.17) is 9.72 Å². The zero-order valence-corrected chi connectivity index (χ0v) is 22.9. The minimum Gasteiger partial charge on any atom is -0.497 e. The summed E-state index contributed by atoms with van der Waals surface area (Å²) in [5, 5.41) is 7.88. The van der Waals surface area contributed by atoms with Gasteiger partial charge in [0, 0.05) is 68.3 Å². The highest BCUT2D eigenvalue weighted by molar-refractivity contribution is 5.53. The van der Waals surface area contributed by atoms with Crippen molar-refractivity contribution < 1.29 is 13.5 Å². The minimum absolute atomic E-state index is 0.540. The van der Waals surface area contributed by atoms with Crippen LogP contribution in [0.2, 0.25) is 0 Å². The fraction of sp³-hybridized carbons (Fsp3) is 0.300. The molecule has 0 saturated carbocycles. The number of ether oxygens (including phenoxy) is 1. The molecular weight excluding hydrogens is 512 g/mol. The highest BCUT2D eigenvalue weighted by Gasteiger charge is 2.17. The van der Waals surface area contributed by atoms with Gasteiger partial charge in [-0.2, -0.15) is 10.1 Å². The molecule has 2 aromatic carbocycles.